The Labute approximate surface area is 120 Å². The van der Waals surface area contributed by atoms with Gasteiger partial charge in [0.15, 0.2) is 0 Å². The van der Waals surface area contributed by atoms with Gasteiger partial charge in [0, 0.05) is 19.6 Å². The second-order valence-corrected chi connectivity index (χ2v) is 5.00. The Morgan fingerprint density at radius 3 is 2.71 bits per heavy atom. The van der Waals surface area contributed by atoms with Crippen LogP contribution in [0.3, 0.4) is 0 Å². The summed E-state index contributed by atoms with van der Waals surface area (Å²) >= 11 is 0. The standard InChI is InChI=1S/C14H17F3N2O2/c15-14(16,17)11-4-1-3-10(9-11)12(13(20)21)19-7-2-5-18-6-8-19/h1,3-4,9,12,18H,2,5-8H2,(H,20,21). The molecule has 116 valence electrons. The number of aliphatic carboxylic acids is 1. The molecule has 0 radical (unpaired) electrons. The second kappa shape index (κ2) is 6.44. The van der Waals surface area contributed by atoms with Crippen LogP contribution in [0.5, 0.6) is 0 Å². The number of nitrogens with zero attached hydrogens (tertiary/aromatic N) is 1. The molecule has 1 saturated heterocycles. The summed E-state index contributed by atoms with van der Waals surface area (Å²) < 4.78 is 38.3. The van der Waals surface area contributed by atoms with Gasteiger partial charge in [0.2, 0.25) is 0 Å². The van der Waals surface area contributed by atoms with Crippen LogP contribution in [0.15, 0.2) is 24.3 Å². The molecule has 0 spiro atoms. The topological polar surface area (TPSA) is 52.6 Å². The van der Waals surface area contributed by atoms with Crippen molar-refractivity contribution in [3.63, 3.8) is 0 Å². The van der Waals surface area contributed by atoms with Crippen LogP contribution in [0.2, 0.25) is 0 Å². The van der Waals surface area contributed by atoms with Gasteiger partial charge >= 0.3 is 12.1 Å². The molecule has 1 heterocycles. The van der Waals surface area contributed by atoms with E-state index in [1.165, 1.54) is 12.1 Å². The number of rotatable bonds is 3. The van der Waals surface area contributed by atoms with E-state index in [1.54, 1.807) is 4.90 Å². The van der Waals surface area contributed by atoms with Gasteiger partial charge in [-0.05, 0) is 30.7 Å². The third-order valence-electron chi connectivity index (χ3n) is 3.50. The maximum absolute atomic E-state index is 12.8. The summed E-state index contributed by atoms with van der Waals surface area (Å²) in [5.74, 6) is -1.13. The third kappa shape index (κ3) is 3.95. The Bertz CT molecular complexity index is 497. The van der Waals surface area contributed by atoms with Crippen LogP contribution >= 0.6 is 0 Å². The zero-order chi connectivity index (χ0) is 15.5. The average molecular weight is 302 g/mol. The molecule has 0 aromatic heterocycles. The number of benzene rings is 1. The molecule has 0 saturated carbocycles. The zero-order valence-electron chi connectivity index (χ0n) is 11.4. The first-order valence-electron chi connectivity index (χ1n) is 6.74. The molecule has 1 aromatic carbocycles. The number of nitrogens with one attached hydrogen (secondary N) is 1. The highest BCUT2D eigenvalue weighted by Crippen LogP contribution is 2.32. The van der Waals surface area contributed by atoms with E-state index in [0.717, 1.165) is 25.1 Å². The van der Waals surface area contributed by atoms with Crippen molar-refractivity contribution < 1.29 is 23.1 Å². The average Bonchev–Trinajstić information content (AvgIpc) is 2.67. The molecule has 0 amide bonds. The number of hydrogen-bond donors (Lipinski definition) is 2. The first kappa shape index (κ1) is 15.8. The number of halogens is 3. The van der Waals surface area contributed by atoms with E-state index in [-0.39, 0.29) is 5.56 Å². The summed E-state index contributed by atoms with van der Waals surface area (Å²) in [6, 6.07) is 3.52. The summed E-state index contributed by atoms with van der Waals surface area (Å²) in [5.41, 5.74) is -0.654. The maximum Gasteiger partial charge on any atom is 0.416 e. The molecule has 1 unspecified atom stereocenters. The second-order valence-electron chi connectivity index (χ2n) is 5.00. The lowest BCUT2D eigenvalue weighted by Gasteiger charge is -2.27. The molecule has 2 N–H and O–H groups in total. The summed E-state index contributed by atoms with van der Waals surface area (Å²) in [7, 11) is 0. The number of carboxylic acid groups (broad SMARTS) is 1. The van der Waals surface area contributed by atoms with Gasteiger partial charge in [0.1, 0.15) is 6.04 Å². The Hall–Kier alpha value is -1.60. The predicted octanol–water partition coefficient (Wildman–Crippen LogP) is 2.13. The van der Waals surface area contributed by atoms with Gasteiger partial charge in [0.05, 0.1) is 5.56 Å². The monoisotopic (exact) mass is 302 g/mol. The molecule has 0 aliphatic carbocycles. The van der Waals surface area contributed by atoms with E-state index in [1.807, 2.05) is 0 Å². The van der Waals surface area contributed by atoms with Crippen LogP contribution in [0.4, 0.5) is 13.2 Å². The molecule has 1 fully saturated rings. The lowest BCUT2D eigenvalue weighted by atomic mass is 10.0. The fourth-order valence-electron chi connectivity index (χ4n) is 2.52. The van der Waals surface area contributed by atoms with Gasteiger partial charge in [-0.15, -0.1) is 0 Å². The molecule has 1 aliphatic heterocycles. The predicted molar refractivity (Wildman–Crippen MR) is 70.9 cm³/mol. The Morgan fingerprint density at radius 2 is 2.05 bits per heavy atom. The van der Waals surface area contributed by atoms with Crippen molar-refractivity contribution in [2.75, 3.05) is 26.2 Å². The summed E-state index contributed by atoms with van der Waals surface area (Å²) in [6.45, 7) is 2.45. The minimum atomic E-state index is -4.47. The van der Waals surface area contributed by atoms with Crippen LogP contribution in [-0.2, 0) is 11.0 Å². The molecule has 7 heteroatoms. The van der Waals surface area contributed by atoms with Gasteiger partial charge in [-0.2, -0.15) is 13.2 Å². The largest absolute Gasteiger partial charge is 0.480 e. The van der Waals surface area contributed by atoms with Crippen LogP contribution in [0, 0.1) is 0 Å². The Balaban J connectivity index is 2.31. The highest BCUT2D eigenvalue weighted by Gasteiger charge is 2.33. The highest BCUT2D eigenvalue weighted by molar-refractivity contribution is 5.75. The first-order chi connectivity index (χ1) is 9.89. The fraction of sp³-hybridized carbons (Fsp3) is 0.500. The van der Waals surface area contributed by atoms with Gasteiger partial charge in [0.25, 0.3) is 0 Å². The molecule has 1 aliphatic rings. The van der Waals surface area contributed by atoms with Crippen LogP contribution in [0.25, 0.3) is 0 Å². The van der Waals surface area contributed by atoms with Crippen molar-refractivity contribution in [2.24, 2.45) is 0 Å². The molecule has 1 atom stereocenters. The van der Waals surface area contributed by atoms with E-state index >= 15 is 0 Å². The van der Waals surface area contributed by atoms with Crippen molar-refractivity contribution in [2.45, 2.75) is 18.6 Å². The first-order valence-corrected chi connectivity index (χ1v) is 6.74. The molecular formula is C14H17F3N2O2. The van der Waals surface area contributed by atoms with Gasteiger partial charge in [-0.1, -0.05) is 12.1 Å². The fourth-order valence-corrected chi connectivity index (χ4v) is 2.52. The summed E-state index contributed by atoms with van der Waals surface area (Å²) in [4.78, 5) is 13.2. The normalized spacial score (nSPS) is 19.0. The zero-order valence-corrected chi connectivity index (χ0v) is 11.4. The number of alkyl halides is 3. The molecule has 1 aromatic rings. The minimum absolute atomic E-state index is 0.166. The Kier molecular flexibility index (Phi) is 4.84. The molecule has 21 heavy (non-hydrogen) atoms. The smallest absolute Gasteiger partial charge is 0.416 e. The Morgan fingerprint density at radius 1 is 1.29 bits per heavy atom. The lowest BCUT2D eigenvalue weighted by Crippen LogP contribution is -2.36. The highest BCUT2D eigenvalue weighted by atomic mass is 19.4. The van der Waals surface area contributed by atoms with Crippen LogP contribution in [-0.4, -0.2) is 42.2 Å². The van der Waals surface area contributed by atoms with Crippen molar-refractivity contribution in [1.82, 2.24) is 10.2 Å². The maximum atomic E-state index is 12.8. The summed E-state index contributed by atoms with van der Waals surface area (Å²) in [6.07, 6.45) is -3.71. The number of carbonyl (C=O) groups is 1. The van der Waals surface area contributed by atoms with E-state index in [4.69, 9.17) is 0 Å². The molecule has 0 bridgehead atoms. The van der Waals surface area contributed by atoms with Gasteiger partial charge < -0.3 is 10.4 Å². The number of carboxylic acids is 1. The quantitative estimate of drug-likeness (QED) is 0.898. The molecule has 2 rings (SSSR count). The molecular weight excluding hydrogens is 285 g/mol. The van der Waals surface area contributed by atoms with Crippen LogP contribution < -0.4 is 5.32 Å². The molecule has 4 nitrogen and oxygen atoms in total. The lowest BCUT2D eigenvalue weighted by molar-refractivity contribution is -0.144. The van der Waals surface area contributed by atoms with Crippen molar-refractivity contribution in [1.29, 1.82) is 0 Å². The third-order valence-corrected chi connectivity index (χ3v) is 3.50. The van der Waals surface area contributed by atoms with E-state index < -0.39 is 23.8 Å². The van der Waals surface area contributed by atoms with Crippen molar-refractivity contribution in [3.05, 3.63) is 35.4 Å². The van der Waals surface area contributed by atoms with Crippen molar-refractivity contribution >= 4 is 5.97 Å². The van der Waals surface area contributed by atoms with E-state index in [9.17, 15) is 23.1 Å². The van der Waals surface area contributed by atoms with Crippen molar-refractivity contribution in [3.8, 4) is 0 Å². The van der Waals surface area contributed by atoms with E-state index in [2.05, 4.69) is 5.32 Å². The minimum Gasteiger partial charge on any atom is -0.480 e. The summed E-state index contributed by atoms with van der Waals surface area (Å²) in [5, 5.41) is 12.6. The van der Waals surface area contributed by atoms with Gasteiger partial charge in [-0.3, -0.25) is 9.69 Å². The number of hydrogen-bond acceptors (Lipinski definition) is 3. The van der Waals surface area contributed by atoms with Gasteiger partial charge in [-0.25, -0.2) is 0 Å². The van der Waals surface area contributed by atoms with Crippen LogP contribution in [0.1, 0.15) is 23.6 Å². The SMILES string of the molecule is O=C(O)C(c1cccc(C(F)(F)F)c1)N1CCCNCC1. The van der Waals surface area contributed by atoms with E-state index in [0.29, 0.717) is 19.6 Å².